The van der Waals surface area contributed by atoms with Gasteiger partial charge in [0.1, 0.15) is 23.9 Å². The third kappa shape index (κ3) is 11.9. The van der Waals surface area contributed by atoms with Crippen molar-refractivity contribution in [2.45, 2.75) is 62.7 Å². The summed E-state index contributed by atoms with van der Waals surface area (Å²) in [7, 11) is 0. The van der Waals surface area contributed by atoms with Crippen LogP contribution in [0.15, 0.2) is 24.3 Å². The van der Waals surface area contributed by atoms with Crippen LogP contribution < -0.4 is 33.2 Å². The monoisotopic (exact) mass is 540 g/mol. The van der Waals surface area contributed by atoms with Gasteiger partial charge in [0.15, 0.2) is 0 Å². The normalized spacial score (nSPS) is 14.0. The molecule has 1 rings (SSSR count). The molecule has 0 aliphatic rings. The lowest BCUT2D eigenvalue weighted by atomic mass is 10.0. The molecule has 0 fully saturated rings. The third-order valence-electron chi connectivity index (χ3n) is 5.42. The Labute approximate surface area is 220 Å². The van der Waals surface area contributed by atoms with Gasteiger partial charge in [0.25, 0.3) is 0 Å². The van der Waals surface area contributed by atoms with Crippen LogP contribution in [0.2, 0.25) is 0 Å². The zero-order valence-corrected chi connectivity index (χ0v) is 21.3. The van der Waals surface area contributed by atoms with Crippen LogP contribution in [-0.4, -0.2) is 76.3 Å². The lowest BCUT2D eigenvalue weighted by Crippen LogP contribution is -2.58. The standard InChI is InChI=1S/C23H36N6O7S/c24-10-2-1-3-15(25)20(32)29-18(12-37)22(34)27-16(8-9-19(26)31)21(33)28-17(23(35)36)11-13-4-6-14(30)7-5-13/h4-7,15-18,30,37H,1-3,8-12,24-25H2,(H2,26,31)(H,27,34)(H,28,33)(H,29,32)(H,35,36). The Hall–Kier alpha value is -3.36. The van der Waals surface area contributed by atoms with Crippen LogP contribution in [0.25, 0.3) is 0 Å². The molecule has 0 heterocycles. The van der Waals surface area contributed by atoms with E-state index in [0.717, 1.165) is 0 Å². The number of carbonyl (C=O) groups excluding carboxylic acids is 4. The molecule has 0 saturated carbocycles. The van der Waals surface area contributed by atoms with Gasteiger partial charge >= 0.3 is 5.97 Å². The molecule has 0 bridgehead atoms. The van der Waals surface area contributed by atoms with Crippen molar-refractivity contribution in [3.63, 3.8) is 0 Å². The van der Waals surface area contributed by atoms with E-state index < -0.39 is 53.8 Å². The fourth-order valence-corrected chi connectivity index (χ4v) is 3.54. The van der Waals surface area contributed by atoms with Crippen molar-refractivity contribution in [3.8, 4) is 5.75 Å². The van der Waals surface area contributed by atoms with Crippen molar-refractivity contribution in [2.75, 3.05) is 12.3 Å². The Morgan fingerprint density at radius 3 is 1.97 bits per heavy atom. The number of rotatable bonds is 17. The number of benzene rings is 1. The molecule has 1 aromatic carbocycles. The van der Waals surface area contributed by atoms with Gasteiger partial charge in [-0.3, -0.25) is 19.2 Å². The van der Waals surface area contributed by atoms with Crippen LogP contribution in [0.5, 0.6) is 5.75 Å². The number of carboxylic acids is 1. The molecule has 4 unspecified atom stereocenters. The summed E-state index contributed by atoms with van der Waals surface area (Å²) in [6.07, 6.45) is 1.12. The summed E-state index contributed by atoms with van der Waals surface area (Å²) in [5.41, 5.74) is 17.0. The van der Waals surface area contributed by atoms with Crippen molar-refractivity contribution < 1.29 is 34.2 Å². The van der Waals surface area contributed by atoms with Crippen LogP contribution in [0, 0.1) is 0 Å². The third-order valence-corrected chi connectivity index (χ3v) is 5.79. The van der Waals surface area contributed by atoms with Gasteiger partial charge in [-0.2, -0.15) is 12.6 Å². The predicted molar refractivity (Wildman–Crippen MR) is 138 cm³/mol. The summed E-state index contributed by atoms with van der Waals surface area (Å²) in [4.78, 5) is 61.2. The SMILES string of the molecule is NCCCCC(N)C(=O)NC(CS)C(=O)NC(CCC(N)=O)C(=O)NC(Cc1ccc(O)cc1)C(=O)O. The molecule has 11 N–H and O–H groups in total. The summed E-state index contributed by atoms with van der Waals surface area (Å²) >= 11 is 4.08. The maximum absolute atomic E-state index is 12.9. The van der Waals surface area contributed by atoms with E-state index in [0.29, 0.717) is 31.4 Å². The average molecular weight is 541 g/mol. The summed E-state index contributed by atoms with van der Waals surface area (Å²) in [5, 5.41) is 26.2. The molecule has 0 saturated heterocycles. The number of aliphatic carboxylic acids is 1. The zero-order chi connectivity index (χ0) is 28.0. The molecule has 206 valence electrons. The first kappa shape index (κ1) is 31.7. The van der Waals surface area contributed by atoms with E-state index in [1.807, 2.05) is 0 Å². The van der Waals surface area contributed by atoms with Gasteiger partial charge in [-0.05, 0) is 43.5 Å². The molecule has 0 aliphatic heterocycles. The van der Waals surface area contributed by atoms with Gasteiger partial charge in [-0.25, -0.2) is 4.79 Å². The average Bonchev–Trinajstić information content (AvgIpc) is 2.85. The first-order chi connectivity index (χ1) is 17.5. The van der Waals surface area contributed by atoms with E-state index in [2.05, 4.69) is 28.6 Å². The Morgan fingerprint density at radius 1 is 0.865 bits per heavy atom. The van der Waals surface area contributed by atoms with Crippen LogP contribution in [0.3, 0.4) is 0 Å². The molecule has 37 heavy (non-hydrogen) atoms. The Morgan fingerprint density at radius 2 is 1.43 bits per heavy atom. The smallest absolute Gasteiger partial charge is 0.326 e. The lowest BCUT2D eigenvalue weighted by Gasteiger charge is -2.24. The number of carboxylic acid groups (broad SMARTS) is 1. The summed E-state index contributed by atoms with van der Waals surface area (Å²) in [5.74, 6) is -4.38. The van der Waals surface area contributed by atoms with Crippen molar-refractivity contribution in [1.29, 1.82) is 0 Å². The Balaban J connectivity index is 2.90. The highest BCUT2D eigenvalue weighted by Crippen LogP contribution is 2.12. The van der Waals surface area contributed by atoms with Crippen LogP contribution >= 0.6 is 12.6 Å². The summed E-state index contributed by atoms with van der Waals surface area (Å²) in [6.45, 7) is 0.461. The molecular weight excluding hydrogens is 504 g/mol. The van der Waals surface area contributed by atoms with Crippen molar-refractivity contribution >= 4 is 42.2 Å². The minimum atomic E-state index is -1.36. The second kappa shape index (κ2) is 16.4. The molecule has 0 aliphatic carbocycles. The van der Waals surface area contributed by atoms with E-state index in [-0.39, 0.29) is 30.8 Å². The highest BCUT2D eigenvalue weighted by molar-refractivity contribution is 7.80. The molecule has 13 nitrogen and oxygen atoms in total. The molecule has 14 heteroatoms. The number of hydrogen-bond donors (Lipinski definition) is 9. The lowest BCUT2D eigenvalue weighted by molar-refractivity contribution is -0.142. The van der Waals surface area contributed by atoms with E-state index in [9.17, 15) is 34.2 Å². The quantitative estimate of drug-likeness (QED) is 0.0792. The fraction of sp³-hybridized carbons (Fsp3) is 0.522. The van der Waals surface area contributed by atoms with E-state index in [4.69, 9.17) is 17.2 Å². The number of nitrogens with one attached hydrogen (secondary N) is 3. The molecule has 1 aromatic rings. The van der Waals surface area contributed by atoms with E-state index in [1.54, 1.807) is 0 Å². The second-order valence-corrected chi connectivity index (χ2v) is 8.84. The van der Waals surface area contributed by atoms with Gasteiger partial charge < -0.3 is 43.4 Å². The highest BCUT2D eigenvalue weighted by Gasteiger charge is 2.30. The number of nitrogens with two attached hydrogens (primary N) is 3. The number of phenolic OH excluding ortho intramolecular Hbond substituents is 1. The number of carbonyl (C=O) groups is 5. The number of aromatic hydroxyl groups is 1. The molecule has 0 aromatic heterocycles. The van der Waals surface area contributed by atoms with Crippen LogP contribution in [-0.2, 0) is 30.4 Å². The van der Waals surface area contributed by atoms with Gasteiger partial charge in [0.2, 0.25) is 23.6 Å². The number of thiol groups is 1. The number of phenols is 1. The maximum atomic E-state index is 12.9. The van der Waals surface area contributed by atoms with Gasteiger partial charge in [0.05, 0.1) is 6.04 Å². The second-order valence-electron chi connectivity index (χ2n) is 8.47. The van der Waals surface area contributed by atoms with Gasteiger partial charge in [0, 0.05) is 18.6 Å². The van der Waals surface area contributed by atoms with Crippen molar-refractivity contribution in [3.05, 3.63) is 29.8 Å². The molecule has 0 radical (unpaired) electrons. The predicted octanol–water partition coefficient (Wildman–Crippen LogP) is -1.87. The number of unbranched alkanes of at least 4 members (excludes halogenated alkanes) is 1. The number of amides is 4. The summed E-state index contributed by atoms with van der Waals surface area (Å²) in [6, 6.07) is 1.06. The summed E-state index contributed by atoms with van der Waals surface area (Å²) < 4.78 is 0. The van der Waals surface area contributed by atoms with Crippen LogP contribution in [0.1, 0.15) is 37.7 Å². The minimum Gasteiger partial charge on any atom is -0.508 e. The highest BCUT2D eigenvalue weighted by atomic mass is 32.1. The van der Waals surface area contributed by atoms with E-state index >= 15 is 0 Å². The van der Waals surface area contributed by atoms with Gasteiger partial charge in [-0.15, -0.1) is 0 Å². The molecule has 4 amide bonds. The molecular formula is C23H36N6O7S. The van der Waals surface area contributed by atoms with Crippen LogP contribution in [0.4, 0.5) is 0 Å². The van der Waals surface area contributed by atoms with Crippen molar-refractivity contribution in [2.24, 2.45) is 17.2 Å². The molecule has 4 atom stereocenters. The minimum absolute atomic E-state index is 0.00348. The zero-order valence-electron chi connectivity index (χ0n) is 20.4. The van der Waals surface area contributed by atoms with Gasteiger partial charge in [-0.1, -0.05) is 18.6 Å². The molecule has 0 spiro atoms. The van der Waals surface area contributed by atoms with E-state index in [1.165, 1.54) is 24.3 Å². The fourth-order valence-electron chi connectivity index (χ4n) is 3.28. The first-order valence-electron chi connectivity index (χ1n) is 11.7. The maximum Gasteiger partial charge on any atom is 0.326 e. The Kier molecular flexibility index (Phi) is 14.0. The number of hydrogen-bond acceptors (Lipinski definition) is 9. The topological polar surface area (TPSA) is 240 Å². The van der Waals surface area contributed by atoms with Crippen molar-refractivity contribution in [1.82, 2.24) is 16.0 Å². The Bertz CT molecular complexity index is 931. The first-order valence-corrected chi connectivity index (χ1v) is 12.4. The number of primary amides is 1. The largest absolute Gasteiger partial charge is 0.508 e.